The highest BCUT2D eigenvalue weighted by Crippen LogP contribution is 2.32. The molecule has 0 saturated carbocycles. The fourth-order valence-corrected chi connectivity index (χ4v) is 5.61. The first-order chi connectivity index (χ1) is 19.2. The number of nitrogens with one attached hydrogen (secondary N) is 2. The summed E-state index contributed by atoms with van der Waals surface area (Å²) in [6, 6.07) is 10.3. The zero-order valence-corrected chi connectivity index (χ0v) is 22.2. The van der Waals surface area contributed by atoms with Gasteiger partial charge in [0.25, 0.3) is 0 Å². The van der Waals surface area contributed by atoms with E-state index in [-0.39, 0.29) is 0 Å². The molecule has 2 aliphatic rings. The van der Waals surface area contributed by atoms with Crippen molar-refractivity contribution in [2.45, 2.75) is 12.8 Å². The third-order valence-corrected chi connectivity index (χ3v) is 7.89. The van der Waals surface area contributed by atoms with Crippen LogP contribution in [0.2, 0.25) is 0 Å². The Balaban J connectivity index is 1.17. The minimum absolute atomic E-state index is 0.674. The lowest BCUT2D eigenvalue weighted by atomic mass is 10.0. The van der Waals surface area contributed by atoms with Crippen molar-refractivity contribution in [2.75, 3.05) is 64.4 Å². The topological polar surface area (TPSA) is 102 Å². The lowest BCUT2D eigenvalue weighted by Gasteiger charge is -2.33. The van der Waals surface area contributed by atoms with Gasteiger partial charge in [0.1, 0.15) is 23.6 Å². The summed E-state index contributed by atoms with van der Waals surface area (Å²) in [5.74, 6) is 2.45. The number of imidazole rings is 1. The first kappa shape index (κ1) is 24.1. The zero-order chi connectivity index (χ0) is 26.2. The number of H-pyrrole nitrogens is 2. The molecule has 7 rings (SSSR count). The number of anilines is 1. The molecular formula is C29H33N9O. The third-order valence-electron chi connectivity index (χ3n) is 7.89. The number of hydrogen-bond donors (Lipinski definition) is 2. The lowest BCUT2D eigenvalue weighted by Crippen LogP contribution is -2.44. The Morgan fingerprint density at radius 3 is 2.67 bits per heavy atom. The monoisotopic (exact) mass is 523 g/mol. The average molecular weight is 524 g/mol. The van der Waals surface area contributed by atoms with Crippen molar-refractivity contribution < 1.29 is 4.74 Å². The van der Waals surface area contributed by atoms with Gasteiger partial charge in [-0.05, 0) is 62.8 Å². The molecule has 2 saturated heterocycles. The first-order valence-electron chi connectivity index (χ1n) is 13.8. The summed E-state index contributed by atoms with van der Waals surface area (Å²) in [4.78, 5) is 24.7. The number of piperazine rings is 1. The van der Waals surface area contributed by atoms with Crippen molar-refractivity contribution in [1.29, 1.82) is 0 Å². The molecule has 0 atom stereocenters. The fraction of sp³-hybridized carbons (Fsp3) is 0.379. The molecule has 1 aromatic carbocycles. The van der Waals surface area contributed by atoms with Crippen molar-refractivity contribution in [1.82, 2.24) is 39.9 Å². The van der Waals surface area contributed by atoms with Gasteiger partial charge in [0.05, 0.1) is 17.2 Å². The Labute approximate surface area is 227 Å². The standard InChI is InChI=1S/C29H33N9O/c1-36-10-12-38(13-11-36)29-27-25(6-7-31-29)32-28(33-27)26-23-17-20(4-5-24(23)34-35-26)21-16-22(19-30-18-21)39-15-14-37-8-2-3-9-37/h4-7,16-19H,2-3,8-15H2,1H3,(H,32,33)(H,34,35). The van der Waals surface area contributed by atoms with Crippen LogP contribution in [-0.4, -0.2) is 99.4 Å². The second-order valence-corrected chi connectivity index (χ2v) is 10.5. The second kappa shape index (κ2) is 10.3. The van der Waals surface area contributed by atoms with E-state index < -0.39 is 0 Å². The number of fused-ring (bicyclic) bond motifs is 2. The van der Waals surface area contributed by atoms with E-state index in [1.54, 1.807) is 6.20 Å². The predicted octanol–water partition coefficient (Wildman–Crippen LogP) is 3.79. The molecule has 0 spiro atoms. The molecule has 0 aliphatic carbocycles. The SMILES string of the molecule is CN1CCN(c2nccc3[nH]c(-c4n[nH]c5ccc(-c6cncc(OCCN7CCCC7)c6)cc45)nc23)CC1. The van der Waals surface area contributed by atoms with Crippen LogP contribution in [0.15, 0.2) is 48.9 Å². The van der Waals surface area contributed by atoms with E-state index >= 15 is 0 Å². The number of hydrogen-bond acceptors (Lipinski definition) is 8. The molecule has 6 heterocycles. The van der Waals surface area contributed by atoms with Crippen LogP contribution in [0.4, 0.5) is 5.82 Å². The highest BCUT2D eigenvalue weighted by molar-refractivity contribution is 5.97. The van der Waals surface area contributed by atoms with Crippen molar-refractivity contribution in [3.05, 3.63) is 48.9 Å². The molecule has 4 aromatic heterocycles. The summed E-state index contributed by atoms with van der Waals surface area (Å²) in [6.45, 7) is 7.89. The molecular weight excluding hydrogens is 490 g/mol. The lowest BCUT2D eigenvalue weighted by molar-refractivity contribution is 0.237. The smallest absolute Gasteiger partial charge is 0.159 e. The van der Waals surface area contributed by atoms with Crippen LogP contribution in [0.25, 0.3) is 44.6 Å². The van der Waals surface area contributed by atoms with Crippen LogP contribution in [0.5, 0.6) is 5.75 Å². The number of likely N-dealkylation sites (N-methyl/N-ethyl adjacent to an activating group) is 1. The fourth-order valence-electron chi connectivity index (χ4n) is 5.61. The molecule has 0 radical (unpaired) electrons. The second-order valence-electron chi connectivity index (χ2n) is 10.5. The van der Waals surface area contributed by atoms with Crippen molar-refractivity contribution in [2.24, 2.45) is 0 Å². The summed E-state index contributed by atoms with van der Waals surface area (Å²) in [6.07, 6.45) is 8.10. The van der Waals surface area contributed by atoms with Gasteiger partial charge in [-0.3, -0.25) is 15.0 Å². The third kappa shape index (κ3) is 4.81. The summed E-state index contributed by atoms with van der Waals surface area (Å²) in [5, 5.41) is 8.81. The van der Waals surface area contributed by atoms with Gasteiger partial charge in [0.2, 0.25) is 0 Å². The number of likely N-dealkylation sites (tertiary alicyclic amines) is 1. The summed E-state index contributed by atoms with van der Waals surface area (Å²) < 4.78 is 6.05. The molecule has 2 fully saturated rings. The van der Waals surface area contributed by atoms with Crippen LogP contribution in [-0.2, 0) is 0 Å². The minimum atomic E-state index is 0.674. The Morgan fingerprint density at radius 2 is 1.79 bits per heavy atom. The Hall–Kier alpha value is -4.02. The molecule has 2 aliphatic heterocycles. The van der Waals surface area contributed by atoms with Crippen molar-refractivity contribution in [3.63, 3.8) is 0 Å². The molecule has 0 unspecified atom stereocenters. The van der Waals surface area contributed by atoms with Crippen LogP contribution >= 0.6 is 0 Å². The number of nitrogens with zero attached hydrogens (tertiary/aromatic N) is 7. The Kier molecular flexibility index (Phi) is 6.34. The van der Waals surface area contributed by atoms with Crippen molar-refractivity contribution in [3.8, 4) is 28.4 Å². The molecule has 10 heteroatoms. The highest BCUT2D eigenvalue weighted by atomic mass is 16.5. The molecule has 39 heavy (non-hydrogen) atoms. The zero-order valence-electron chi connectivity index (χ0n) is 22.2. The van der Waals surface area contributed by atoms with E-state index in [2.05, 4.69) is 66.2 Å². The number of benzene rings is 1. The number of pyridine rings is 2. The Morgan fingerprint density at radius 1 is 0.923 bits per heavy atom. The van der Waals surface area contributed by atoms with E-state index in [4.69, 9.17) is 14.7 Å². The van der Waals surface area contributed by atoms with E-state index in [1.165, 1.54) is 25.9 Å². The molecule has 10 nitrogen and oxygen atoms in total. The molecule has 2 N–H and O–H groups in total. The van der Waals surface area contributed by atoms with Gasteiger partial charge >= 0.3 is 0 Å². The van der Waals surface area contributed by atoms with Gasteiger partial charge in [-0.25, -0.2) is 9.97 Å². The van der Waals surface area contributed by atoms with Gasteiger partial charge in [-0.1, -0.05) is 6.07 Å². The maximum atomic E-state index is 6.05. The first-order valence-corrected chi connectivity index (χ1v) is 13.8. The van der Waals surface area contributed by atoms with Gasteiger partial charge in [-0.15, -0.1) is 0 Å². The number of rotatable bonds is 7. The summed E-state index contributed by atoms with van der Waals surface area (Å²) in [7, 11) is 2.16. The predicted molar refractivity (Wildman–Crippen MR) is 153 cm³/mol. The van der Waals surface area contributed by atoms with Crippen LogP contribution < -0.4 is 9.64 Å². The highest BCUT2D eigenvalue weighted by Gasteiger charge is 2.21. The maximum Gasteiger partial charge on any atom is 0.159 e. The molecule has 200 valence electrons. The number of aromatic amines is 2. The van der Waals surface area contributed by atoms with E-state index in [9.17, 15) is 0 Å². The van der Waals surface area contributed by atoms with Crippen LogP contribution in [0.3, 0.4) is 0 Å². The van der Waals surface area contributed by atoms with Gasteiger partial charge in [-0.2, -0.15) is 5.10 Å². The molecule has 0 bridgehead atoms. The van der Waals surface area contributed by atoms with E-state index in [0.29, 0.717) is 6.61 Å². The summed E-state index contributed by atoms with van der Waals surface area (Å²) >= 11 is 0. The van der Waals surface area contributed by atoms with E-state index in [1.807, 2.05) is 18.5 Å². The normalized spacial score (nSPS) is 17.0. The molecule has 5 aromatic rings. The molecule has 0 amide bonds. The summed E-state index contributed by atoms with van der Waals surface area (Å²) in [5.41, 5.74) is 5.65. The van der Waals surface area contributed by atoms with Gasteiger partial charge in [0.15, 0.2) is 11.6 Å². The van der Waals surface area contributed by atoms with Crippen molar-refractivity contribution >= 4 is 27.8 Å². The minimum Gasteiger partial charge on any atom is -0.491 e. The van der Waals surface area contributed by atoms with Gasteiger partial charge < -0.3 is 19.5 Å². The number of ether oxygens (including phenoxy) is 1. The average Bonchev–Trinajstić information content (AvgIpc) is 3.73. The van der Waals surface area contributed by atoms with Crippen LogP contribution in [0.1, 0.15) is 12.8 Å². The van der Waals surface area contributed by atoms with Gasteiger partial charge in [0, 0.05) is 56.1 Å². The van der Waals surface area contributed by atoms with E-state index in [0.717, 1.165) is 88.9 Å². The largest absolute Gasteiger partial charge is 0.491 e. The number of aromatic nitrogens is 6. The quantitative estimate of drug-likeness (QED) is 0.332. The maximum absolute atomic E-state index is 6.05. The Bertz CT molecular complexity index is 1600. The van der Waals surface area contributed by atoms with Crippen LogP contribution in [0, 0.1) is 0 Å².